The van der Waals surface area contributed by atoms with Gasteiger partial charge in [-0.25, -0.2) is 9.97 Å². The van der Waals surface area contributed by atoms with Crippen LogP contribution in [0, 0.1) is 6.92 Å². The lowest BCUT2D eigenvalue weighted by Crippen LogP contribution is -2.06. The van der Waals surface area contributed by atoms with Gasteiger partial charge in [0, 0.05) is 7.05 Å². The van der Waals surface area contributed by atoms with E-state index in [1.54, 1.807) is 14.0 Å². The lowest BCUT2D eigenvalue weighted by atomic mass is 10.4. The van der Waals surface area contributed by atoms with E-state index in [4.69, 9.17) is 5.73 Å². The van der Waals surface area contributed by atoms with Gasteiger partial charge in [0.25, 0.3) is 0 Å². The van der Waals surface area contributed by atoms with Crippen molar-refractivity contribution in [3.8, 4) is 0 Å². The van der Waals surface area contributed by atoms with Crippen LogP contribution in [0.5, 0.6) is 0 Å². The molecule has 0 aliphatic rings. The van der Waals surface area contributed by atoms with Gasteiger partial charge in [-0.2, -0.15) is 0 Å². The maximum absolute atomic E-state index is 10.5. The highest BCUT2D eigenvalue weighted by Crippen LogP contribution is 2.12. The Morgan fingerprint density at radius 1 is 1.50 bits per heavy atom. The van der Waals surface area contributed by atoms with Crippen LogP contribution in [0.1, 0.15) is 16.2 Å². The fourth-order valence-corrected chi connectivity index (χ4v) is 0.816. The number of nitrogen functional groups attached to an aromatic ring is 1. The van der Waals surface area contributed by atoms with E-state index in [1.165, 1.54) is 0 Å². The topological polar surface area (TPSA) is 80.9 Å². The first-order chi connectivity index (χ1) is 5.69. The quantitative estimate of drug-likeness (QED) is 0.614. The third-order valence-corrected chi connectivity index (χ3v) is 1.48. The minimum atomic E-state index is 0.282. The number of aromatic nitrogens is 2. The molecule has 0 saturated carbocycles. The Bertz CT molecular complexity index is 311. The molecule has 0 aliphatic carbocycles. The van der Waals surface area contributed by atoms with Crippen molar-refractivity contribution in [1.82, 2.24) is 9.97 Å². The number of nitrogens with zero attached hydrogens (tertiary/aromatic N) is 2. The number of anilines is 2. The molecular formula is C7H10N4O. The monoisotopic (exact) mass is 166 g/mol. The lowest BCUT2D eigenvalue weighted by molar-refractivity contribution is 0.111. The van der Waals surface area contributed by atoms with Gasteiger partial charge in [0.2, 0.25) is 0 Å². The Kier molecular flexibility index (Phi) is 2.23. The van der Waals surface area contributed by atoms with Gasteiger partial charge < -0.3 is 11.1 Å². The average molecular weight is 166 g/mol. The second kappa shape index (κ2) is 3.17. The summed E-state index contributed by atoms with van der Waals surface area (Å²) in [6.45, 7) is 1.70. The Morgan fingerprint density at radius 3 is 2.67 bits per heavy atom. The van der Waals surface area contributed by atoms with Gasteiger partial charge >= 0.3 is 0 Å². The molecule has 0 atom stereocenters. The molecule has 0 radical (unpaired) electrons. The van der Waals surface area contributed by atoms with Crippen LogP contribution in [0.25, 0.3) is 0 Å². The summed E-state index contributed by atoms with van der Waals surface area (Å²) in [5.74, 6) is 0.748. The minimum absolute atomic E-state index is 0.282. The summed E-state index contributed by atoms with van der Waals surface area (Å²) in [7, 11) is 1.66. The second-order valence-electron chi connectivity index (χ2n) is 2.30. The number of hydrogen-bond donors (Lipinski definition) is 2. The molecule has 5 nitrogen and oxygen atoms in total. The van der Waals surface area contributed by atoms with Crippen LogP contribution in [-0.4, -0.2) is 23.3 Å². The first-order valence-corrected chi connectivity index (χ1v) is 3.46. The highest BCUT2D eigenvalue weighted by molar-refractivity contribution is 5.80. The highest BCUT2D eigenvalue weighted by atomic mass is 16.1. The fourth-order valence-electron chi connectivity index (χ4n) is 0.816. The zero-order valence-corrected chi connectivity index (χ0v) is 6.96. The van der Waals surface area contributed by atoms with Gasteiger partial charge in [-0.05, 0) is 6.92 Å². The third-order valence-electron chi connectivity index (χ3n) is 1.48. The number of nitrogens with one attached hydrogen (secondary N) is 1. The number of aldehydes is 1. The Hall–Kier alpha value is -1.65. The smallest absolute Gasteiger partial charge is 0.172 e. The first kappa shape index (κ1) is 8.45. The predicted octanol–water partition coefficient (Wildman–Crippen LogP) is 0.221. The molecule has 1 aromatic rings. The number of hydrogen-bond acceptors (Lipinski definition) is 5. The zero-order valence-electron chi connectivity index (χ0n) is 6.96. The van der Waals surface area contributed by atoms with Crippen LogP contribution < -0.4 is 11.1 Å². The van der Waals surface area contributed by atoms with Gasteiger partial charge in [-0.15, -0.1) is 0 Å². The minimum Gasteiger partial charge on any atom is -0.382 e. The van der Waals surface area contributed by atoms with Gasteiger partial charge in [-0.1, -0.05) is 0 Å². The fraction of sp³-hybridized carbons (Fsp3) is 0.286. The van der Waals surface area contributed by atoms with E-state index >= 15 is 0 Å². The van der Waals surface area contributed by atoms with Crippen molar-refractivity contribution in [3.63, 3.8) is 0 Å². The molecule has 0 aromatic carbocycles. The molecule has 0 aliphatic heterocycles. The number of aryl methyl sites for hydroxylation is 1. The zero-order chi connectivity index (χ0) is 9.14. The molecule has 0 fully saturated rings. The molecule has 0 bridgehead atoms. The summed E-state index contributed by atoms with van der Waals surface area (Å²) in [5, 5.41) is 2.73. The van der Waals surface area contributed by atoms with Crippen LogP contribution in [0.3, 0.4) is 0 Å². The van der Waals surface area contributed by atoms with E-state index in [9.17, 15) is 4.79 Å². The normalized spacial score (nSPS) is 9.50. The van der Waals surface area contributed by atoms with Gasteiger partial charge in [0.1, 0.15) is 11.5 Å². The first-order valence-electron chi connectivity index (χ1n) is 3.46. The molecule has 3 N–H and O–H groups in total. The van der Waals surface area contributed by atoms with Crippen molar-refractivity contribution in [1.29, 1.82) is 0 Å². The summed E-state index contributed by atoms with van der Waals surface area (Å²) < 4.78 is 0. The Balaban J connectivity index is 3.28. The summed E-state index contributed by atoms with van der Waals surface area (Å²) in [4.78, 5) is 18.3. The van der Waals surface area contributed by atoms with Crippen molar-refractivity contribution in [2.45, 2.75) is 6.92 Å². The SMILES string of the molecule is CNc1nc(N)c(C)nc1C=O. The van der Waals surface area contributed by atoms with Crippen LogP contribution >= 0.6 is 0 Å². The van der Waals surface area contributed by atoms with E-state index in [2.05, 4.69) is 15.3 Å². The summed E-state index contributed by atoms with van der Waals surface area (Å²) in [5.41, 5.74) is 6.34. The summed E-state index contributed by atoms with van der Waals surface area (Å²) >= 11 is 0. The van der Waals surface area contributed by atoms with Crippen LogP contribution in [0.2, 0.25) is 0 Å². The average Bonchev–Trinajstić information content (AvgIpc) is 2.09. The predicted molar refractivity (Wildman–Crippen MR) is 46.1 cm³/mol. The number of carbonyl (C=O) groups excluding carboxylic acids is 1. The molecular weight excluding hydrogens is 156 g/mol. The molecule has 1 heterocycles. The number of rotatable bonds is 2. The van der Waals surface area contributed by atoms with Crippen molar-refractivity contribution >= 4 is 17.9 Å². The van der Waals surface area contributed by atoms with E-state index in [1.807, 2.05) is 0 Å². The van der Waals surface area contributed by atoms with Crippen LogP contribution in [0.4, 0.5) is 11.6 Å². The van der Waals surface area contributed by atoms with Gasteiger partial charge in [0.15, 0.2) is 12.1 Å². The molecule has 0 unspecified atom stereocenters. The summed E-state index contributed by atoms with van der Waals surface area (Å²) in [6.07, 6.45) is 0.644. The third kappa shape index (κ3) is 1.34. The molecule has 1 rings (SSSR count). The molecule has 0 amide bonds. The Morgan fingerprint density at radius 2 is 2.17 bits per heavy atom. The molecule has 0 saturated heterocycles. The van der Waals surface area contributed by atoms with Crippen molar-refractivity contribution in [2.24, 2.45) is 0 Å². The van der Waals surface area contributed by atoms with Crippen LogP contribution in [-0.2, 0) is 0 Å². The molecule has 5 heteroatoms. The molecule has 12 heavy (non-hydrogen) atoms. The van der Waals surface area contributed by atoms with Gasteiger partial charge in [-0.3, -0.25) is 4.79 Å². The van der Waals surface area contributed by atoms with E-state index < -0.39 is 0 Å². The van der Waals surface area contributed by atoms with Crippen molar-refractivity contribution in [2.75, 3.05) is 18.1 Å². The summed E-state index contributed by atoms with van der Waals surface area (Å²) in [6, 6.07) is 0. The second-order valence-corrected chi connectivity index (χ2v) is 2.30. The maximum Gasteiger partial charge on any atom is 0.172 e. The van der Waals surface area contributed by atoms with Gasteiger partial charge in [0.05, 0.1) is 5.69 Å². The van der Waals surface area contributed by atoms with Crippen LogP contribution in [0.15, 0.2) is 0 Å². The number of nitrogens with two attached hydrogens (primary N) is 1. The van der Waals surface area contributed by atoms with Crippen molar-refractivity contribution in [3.05, 3.63) is 11.4 Å². The lowest BCUT2D eigenvalue weighted by Gasteiger charge is -2.04. The van der Waals surface area contributed by atoms with E-state index in [0.717, 1.165) is 0 Å². The maximum atomic E-state index is 10.5. The molecule has 0 spiro atoms. The highest BCUT2D eigenvalue weighted by Gasteiger charge is 2.06. The molecule has 64 valence electrons. The molecule has 1 aromatic heterocycles. The largest absolute Gasteiger partial charge is 0.382 e. The van der Waals surface area contributed by atoms with Crippen molar-refractivity contribution < 1.29 is 4.79 Å². The van der Waals surface area contributed by atoms with E-state index in [-0.39, 0.29) is 5.69 Å². The standard InChI is InChI=1S/C7H10N4O/c1-4-6(8)11-7(9-2)5(3-12)10-4/h3H,1-2H3,(H3,8,9,11). The Labute approximate surface area is 70.0 Å². The number of carbonyl (C=O) groups is 1. The van der Waals surface area contributed by atoms with E-state index in [0.29, 0.717) is 23.6 Å².